The van der Waals surface area contributed by atoms with Gasteiger partial charge in [-0.25, -0.2) is 4.79 Å². The molecule has 61 heavy (non-hydrogen) atoms. The highest BCUT2D eigenvalue weighted by Gasteiger charge is 2.69. The molecule has 0 amide bonds. The number of rotatable bonds is 11. The highest BCUT2D eigenvalue weighted by molar-refractivity contribution is 5.85. The second-order valence-corrected chi connectivity index (χ2v) is 19.1. The Bertz CT molecular complexity index is 1620. The number of carbonyl (C=O) groups excluding carboxylic acids is 2. The molecule has 0 aromatic heterocycles. The third-order valence-corrected chi connectivity index (χ3v) is 16.3. The van der Waals surface area contributed by atoms with Gasteiger partial charge in [0.2, 0.25) is 0 Å². The fraction of sp³-hybridized carbons (Fsp3) is 0.905. The molecule has 9 N–H and O–H groups in total. The molecule has 346 valence electrons. The van der Waals surface area contributed by atoms with Gasteiger partial charge in [0, 0.05) is 24.0 Å². The van der Waals surface area contributed by atoms with Crippen LogP contribution in [0.4, 0.5) is 0 Å². The molecule has 0 bridgehead atoms. The predicted molar refractivity (Wildman–Crippen MR) is 203 cm³/mol. The smallest absolute Gasteiger partial charge is 0.331 e. The summed E-state index contributed by atoms with van der Waals surface area (Å²) >= 11 is 0. The van der Waals surface area contributed by atoms with Gasteiger partial charge < -0.3 is 88.6 Å². The molecule has 7 fully saturated rings. The van der Waals surface area contributed by atoms with Crippen LogP contribution in [0.25, 0.3) is 0 Å². The number of aliphatic hydroxyl groups is 9. The Labute approximate surface area is 353 Å². The van der Waals surface area contributed by atoms with Gasteiger partial charge in [0.05, 0.1) is 31.0 Å². The number of hydrogen-bond acceptors (Lipinski definition) is 19. The molecular formula is C42H64O19. The van der Waals surface area contributed by atoms with Crippen LogP contribution in [-0.4, -0.2) is 189 Å². The summed E-state index contributed by atoms with van der Waals surface area (Å²) in [5, 5.41) is 96.6. The molecule has 4 aliphatic carbocycles. The summed E-state index contributed by atoms with van der Waals surface area (Å²) in [5.74, 6) is -0.343. The van der Waals surface area contributed by atoms with E-state index in [-0.39, 0.29) is 42.4 Å². The summed E-state index contributed by atoms with van der Waals surface area (Å²) in [7, 11) is 1.36. The number of cyclic esters (lactones) is 1. The van der Waals surface area contributed by atoms with E-state index in [2.05, 4.69) is 6.92 Å². The van der Waals surface area contributed by atoms with Crippen LogP contribution in [0, 0.1) is 34.5 Å². The van der Waals surface area contributed by atoms with E-state index < -0.39 is 122 Å². The Balaban J connectivity index is 0.887. The van der Waals surface area contributed by atoms with Crippen LogP contribution in [0.5, 0.6) is 0 Å². The van der Waals surface area contributed by atoms with Crippen LogP contribution in [0.3, 0.4) is 0 Å². The number of methoxy groups -OCH3 is 1. The lowest BCUT2D eigenvalue weighted by atomic mass is 9.43. The van der Waals surface area contributed by atoms with Crippen molar-refractivity contribution in [2.75, 3.05) is 26.9 Å². The zero-order valence-electron chi connectivity index (χ0n) is 34.8. The SMILES string of the molecule is CO[C@H]1[C@H](O)[C@@H](O[C@H]2CC[C@@]3(C=O)[C@H](CC[C@@H]4[C@@H]3CC[C@]3(C)[C@H](C5=CC(=O)OC5)CC[C@]43O)C2)O[C@@H](C)[C@@H]1O[C@@H]1O[C@H](CO[C@@H]2O[C@H](CO)[C@@H](O)[C@H](O)[C@H]2O)[C@@H](O)[C@H](O)[C@H]1O. The molecule has 4 saturated carbocycles. The van der Waals surface area contributed by atoms with Crippen molar-refractivity contribution in [1.29, 1.82) is 0 Å². The molecule has 19 nitrogen and oxygen atoms in total. The molecule has 0 spiro atoms. The van der Waals surface area contributed by atoms with E-state index in [1.807, 2.05) is 0 Å². The second kappa shape index (κ2) is 17.6. The van der Waals surface area contributed by atoms with Crippen molar-refractivity contribution in [3.63, 3.8) is 0 Å². The number of esters is 1. The van der Waals surface area contributed by atoms with E-state index in [9.17, 15) is 55.5 Å². The minimum atomic E-state index is -1.79. The van der Waals surface area contributed by atoms with Crippen molar-refractivity contribution in [3.8, 4) is 0 Å². The Morgan fingerprint density at radius 2 is 1.46 bits per heavy atom. The summed E-state index contributed by atoms with van der Waals surface area (Å²) < 4.78 is 46.4. The average Bonchev–Trinajstić information content (AvgIpc) is 3.80. The lowest BCUT2D eigenvalue weighted by molar-refractivity contribution is -0.367. The minimum absolute atomic E-state index is 0.000150. The third kappa shape index (κ3) is 7.64. The zero-order chi connectivity index (χ0) is 43.8. The molecular weight excluding hydrogens is 808 g/mol. The number of aldehydes is 1. The number of hydrogen-bond donors (Lipinski definition) is 9. The Morgan fingerprint density at radius 3 is 2.13 bits per heavy atom. The summed E-state index contributed by atoms with van der Waals surface area (Å²) in [6.45, 7) is 2.83. The van der Waals surface area contributed by atoms with Gasteiger partial charge >= 0.3 is 5.97 Å². The molecule has 4 heterocycles. The van der Waals surface area contributed by atoms with E-state index in [4.69, 9.17) is 37.9 Å². The molecule has 4 aliphatic heterocycles. The molecule has 0 unspecified atom stereocenters. The standard InChI is InChI=1S/C42H64O19/c1-18-35(61-38-33(51)31(49)29(47)26(60-38)16-56-37-32(50)30(48)28(46)25(14-43)59-37)36(54-3)34(52)39(57-18)58-21-6-10-41(17-44)20(13-21)4-5-24-23(41)7-9-40(2)22(8-11-42(24,40)53)19-12-27(45)55-15-19/h12,17-18,20-26,28-39,43,46-53H,4-11,13-16H2,1-3H3/t18-,20+,21-,22-,23-,24+,25+,26+,28+,29+,30-,31-,32+,33+,34-,35-,36-,37+,38-,39+,40+,41+,42-/m0/s1. The summed E-state index contributed by atoms with van der Waals surface area (Å²) in [5.41, 5.74) is -1.07. The molecule has 23 atom stereocenters. The third-order valence-electron chi connectivity index (χ3n) is 16.3. The van der Waals surface area contributed by atoms with E-state index in [0.29, 0.717) is 25.7 Å². The number of ether oxygens (including phenoxy) is 8. The number of carbonyl (C=O) groups is 2. The Kier molecular flexibility index (Phi) is 13.2. The van der Waals surface area contributed by atoms with Gasteiger partial charge in [-0.3, -0.25) is 0 Å². The Morgan fingerprint density at radius 1 is 0.770 bits per heavy atom. The molecule has 8 rings (SSSR count). The van der Waals surface area contributed by atoms with E-state index in [1.165, 1.54) is 7.11 Å². The van der Waals surface area contributed by atoms with Gasteiger partial charge in [-0.05, 0) is 94.0 Å². The molecule has 8 aliphatic rings. The van der Waals surface area contributed by atoms with Crippen LogP contribution in [0.15, 0.2) is 11.6 Å². The fourth-order valence-electron chi connectivity index (χ4n) is 12.9. The van der Waals surface area contributed by atoms with Gasteiger partial charge in [0.25, 0.3) is 0 Å². The fourth-order valence-corrected chi connectivity index (χ4v) is 12.9. The van der Waals surface area contributed by atoms with Crippen molar-refractivity contribution >= 4 is 12.3 Å². The number of aliphatic hydroxyl groups excluding tert-OH is 8. The second-order valence-electron chi connectivity index (χ2n) is 19.1. The normalized spacial score (nSPS) is 53.6. The van der Waals surface area contributed by atoms with Crippen LogP contribution < -0.4 is 0 Å². The first kappa shape index (κ1) is 45.8. The monoisotopic (exact) mass is 872 g/mol. The van der Waals surface area contributed by atoms with Gasteiger partial charge in [-0.2, -0.15) is 0 Å². The van der Waals surface area contributed by atoms with Crippen LogP contribution in [0.2, 0.25) is 0 Å². The van der Waals surface area contributed by atoms with Crippen molar-refractivity contribution in [1.82, 2.24) is 0 Å². The lowest BCUT2D eigenvalue weighted by Gasteiger charge is -2.63. The van der Waals surface area contributed by atoms with E-state index >= 15 is 0 Å². The first-order valence-electron chi connectivity index (χ1n) is 21.9. The topological polar surface area (TPSA) is 290 Å². The minimum Gasteiger partial charge on any atom is -0.458 e. The first-order valence-corrected chi connectivity index (χ1v) is 21.9. The van der Waals surface area contributed by atoms with Gasteiger partial charge in [-0.1, -0.05) is 6.92 Å². The van der Waals surface area contributed by atoms with Crippen molar-refractivity contribution in [2.24, 2.45) is 34.5 Å². The Hall–Kier alpha value is -1.76. The van der Waals surface area contributed by atoms with Gasteiger partial charge in [-0.15, -0.1) is 0 Å². The largest absolute Gasteiger partial charge is 0.458 e. The van der Waals surface area contributed by atoms with Crippen molar-refractivity contribution in [2.45, 2.75) is 175 Å². The summed E-state index contributed by atoms with van der Waals surface area (Å²) in [4.78, 5) is 25.3. The molecule has 3 saturated heterocycles. The van der Waals surface area contributed by atoms with Crippen LogP contribution in [0.1, 0.15) is 71.6 Å². The quantitative estimate of drug-likeness (QED) is 0.0613. The van der Waals surface area contributed by atoms with Gasteiger partial charge in [0.1, 0.15) is 80.0 Å². The lowest BCUT2D eigenvalue weighted by Crippen LogP contribution is -2.65. The summed E-state index contributed by atoms with van der Waals surface area (Å²) in [6.07, 6.45) is -13.2. The molecule has 0 aromatic carbocycles. The maximum Gasteiger partial charge on any atom is 0.331 e. The highest BCUT2D eigenvalue weighted by Crippen LogP contribution is 2.69. The maximum atomic E-state index is 13.3. The average molecular weight is 873 g/mol. The maximum absolute atomic E-state index is 13.3. The molecule has 0 radical (unpaired) electrons. The molecule has 19 heteroatoms. The zero-order valence-corrected chi connectivity index (χ0v) is 34.8. The van der Waals surface area contributed by atoms with Crippen LogP contribution in [-0.2, 0) is 47.5 Å². The first-order chi connectivity index (χ1) is 29.0. The summed E-state index contributed by atoms with van der Waals surface area (Å²) in [6, 6.07) is 0. The van der Waals surface area contributed by atoms with E-state index in [1.54, 1.807) is 13.0 Å². The van der Waals surface area contributed by atoms with Crippen molar-refractivity contribution < 1.29 is 93.4 Å². The van der Waals surface area contributed by atoms with E-state index in [0.717, 1.165) is 44.0 Å². The number of fused-ring (bicyclic) bond motifs is 5. The van der Waals surface area contributed by atoms with Crippen molar-refractivity contribution in [3.05, 3.63) is 11.6 Å². The molecule has 0 aromatic rings. The highest BCUT2D eigenvalue weighted by atomic mass is 16.8. The van der Waals surface area contributed by atoms with Gasteiger partial charge in [0.15, 0.2) is 18.9 Å². The predicted octanol–water partition coefficient (Wildman–Crippen LogP) is -2.06. The van der Waals surface area contributed by atoms with Crippen LogP contribution >= 0.6 is 0 Å².